The first-order chi connectivity index (χ1) is 13.6. The predicted octanol–water partition coefficient (Wildman–Crippen LogP) is 4.76. The first-order valence-corrected chi connectivity index (χ1v) is 10.1. The summed E-state index contributed by atoms with van der Waals surface area (Å²) >= 11 is 0.972. The summed E-state index contributed by atoms with van der Waals surface area (Å²) in [5.74, 6) is 1.04. The van der Waals surface area contributed by atoms with Crippen LogP contribution in [-0.2, 0) is 11.2 Å². The van der Waals surface area contributed by atoms with Gasteiger partial charge in [-0.3, -0.25) is 14.5 Å². The Balaban J connectivity index is 1.74. The van der Waals surface area contributed by atoms with Crippen molar-refractivity contribution in [3.05, 3.63) is 64.6 Å². The van der Waals surface area contributed by atoms with Crippen LogP contribution >= 0.6 is 11.8 Å². The fourth-order valence-corrected chi connectivity index (χ4v) is 3.75. The van der Waals surface area contributed by atoms with E-state index in [9.17, 15) is 9.59 Å². The third-order valence-electron chi connectivity index (χ3n) is 4.21. The largest absolute Gasteiger partial charge is 0.490 e. The van der Waals surface area contributed by atoms with Gasteiger partial charge in [-0.1, -0.05) is 36.4 Å². The van der Waals surface area contributed by atoms with E-state index in [1.807, 2.05) is 62.4 Å². The van der Waals surface area contributed by atoms with Gasteiger partial charge < -0.3 is 9.47 Å². The molecule has 0 bridgehead atoms. The summed E-state index contributed by atoms with van der Waals surface area (Å²) < 4.78 is 11.2. The van der Waals surface area contributed by atoms with E-state index in [2.05, 4.69) is 0 Å². The van der Waals surface area contributed by atoms with Gasteiger partial charge in [0.05, 0.1) is 18.1 Å². The Bertz CT molecular complexity index is 879. The highest BCUT2D eigenvalue weighted by Gasteiger charge is 2.34. The number of thioether (sulfide) groups is 1. The van der Waals surface area contributed by atoms with Gasteiger partial charge >= 0.3 is 0 Å². The Hall–Kier alpha value is -2.73. The number of benzene rings is 2. The van der Waals surface area contributed by atoms with Crippen molar-refractivity contribution in [1.29, 1.82) is 0 Å². The maximum atomic E-state index is 12.7. The minimum absolute atomic E-state index is 0.233. The van der Waals surface area contributed by atoms with Gasteiger partial charge in [0.25, 0.3) is 11.1 Å². The second-order valence-electron chi connectivity index (χ2n) is 6.14. The summed E-state index contributed by atoms with van der Waals surface area (Å²) in [7, 11) is 0. The molecule has 2 aromatic rings. The average Bonchev–Trinajstić information content (AvgIpc) is 2.96. The van der Waals surface area contributed by atoms with Crippen LogP contribution in [0.4, 0.5) is 4.79 Å². The highest BCUT2D eigenvalue weighted by atomic mass is 32.2. The Morgan fingerprint density at radius 1 is 0.964 bits per heavy atom. The third-order valence-corrected chi connectivity index (χ3v) is 5.11. The Labute approximate surface area is 169 Å². The number of amides is 2. The number of carbonyl (C=O) groups is 2. The van der Waals surface area contributed by atoms with Crippen LogP contribution in [0.25, 0.3) is 6.08 Å². The molecule has 0 saturated carbocycles. The topological polar surface area (TPSA) is 55.8 Å². The standard InChI is InChI=1S/C22H23NO4S/c1-3-26-18-11-10-17(14-19(18)27-4-2)15-20-21(24)23(22(25)28-20)13-12-16-8-6-5-7-9-16/h5-11,14-15H,3-4,12-13H2,1-2H3/b20-15-. The molecule has 28 heavy (non-hydrogen) atoms. The summed E-state index contributed by atoms with van der Waals surface area (Å²) in [6, 6.07) is 15.3. The molecule has 146 valence electrons. The van der Waals surface area contributed by atoms with E-state index in [1.165, 1.54) is 4.90 Å². The van der Waals surface area contributed by atoms with Crippen LogP contribution in [0.2, 0.25) is 0 Å². The number of hydrogen-bond acceptors (Lipinski definition) is 5. The molecular weight excluding hydrogens is 374 g/mol. The summed E-state index contributed by atoms with van der Waals surface area (Å²) in [6.45, 7) is 5.24. The summed E-state index contributed by atoms with van der Waals surface area (Å²) in [5, 5.41) is -0.233. The van der Waals surface area contributed by atoms with Crippen LogP contribution in [-0.4, -0.2) is 35.8 Å². The molecule has 2 amide bonds. The van der Waals surface area contributed by atoms with E-state index in [0.29, 0.717) is 42.6 Å². The smallest absolute Gasteiger partial charge is 0.293 e. The molecule has 1 fully saturated rings. The lowest BCUT2D eigenvalue weighted by Crippen LogP contribution is -2.30. The monoisotopic (exact) mass is 397 g/mol. The second kappa shape index (κ2) is 9.46. The fraction of sp³-hybridized carbons (Fsp3) is 0.273. The molecular formula is C22H23NO4S. The molecule has 0 spiro atoms. The molecule has 5 nitrogen and oxygen atoms in total. The van der Waals surface area contributed by atoms with Crippen molar-refractivity contribution in [2.24, 2.45) is 0 Å². The van der Waals surface area contributed by atoms with Crippen molar-refractivity contribution in [2.45, 2.75) is 20.3 Å². The van der Waals surface area contributed by atoms with Gasteiger partial charge in [0.1, 0.15) is 0 Å². The first-order valence-electron chi connectivity index (χ1n) is 9.31. The predicted molar refractivity (Wildman–Crippen MR) is 112 cm³/mol. The zero-order chi connectivity index (χ0) is 19.9. The van der Waals surface area contributed by atoms with Crippen LogP contribution in [0.15, 0.2) is 53.4 Å². The average molecular weight is 397 g/mol. The molecule has 2 aromatic carbocycles. The molecule has 0 N–H and O–H groups in total. The van der Waals surface area contributed by atoms with Crippen LogP contribution in [0, 0.1) is 0 Å². The van der Waals surface area contributed by atoms with Gasteiger partial charge in [-0.25, -0.2) is 0 Å². The SMILES string of the molecule is CCOc1ccc(/C=C2\SC(=O)N(CCc3ccccc3)C2=O)cc1OCC. The lowest BCUT2D eigenvalue weighted by Gasteiger charge is -2.12. The number of carbonyl (C=O) groups excluding carboxylic acids is 2. The number of ether oxygens (including phenoxy) is 2. The molecule has 0 radical (unpaired) electrons. The molecule has 0 atom stereocenters. The summed E-state index contributed by atoms with van der Waals surface area (Å²) in [5.41, 5.74) is 1.89. The van der Waals surface area contributed by atoms with Crippen molar-refractivity contribution in [2.75, 3.05) is 19.8 Å². The minimum Gasteiger partial charge on any atom is -0.490 e. The summed E-state index contributed by atoms with van der Waals surface area (Å²) in [4.78, 5) is 26.7. The lowest BCUT2D eigenvalue weighted by atomic mass is 10.1. The van der Waals surface area contributed by atoms with Gasteiger partial charge in [-0.05, 0) is 61.4 Å². The van der Waals surface area contributed by atoms with Crippen LogP contribution < -0.4 is 9.47 Å². The number of hydrogen-bond donors (Lipinski definition) is 0. The van der Waals surface area contributed by atoms with E-state index >= 15 is 0 Å². The maximum absolute atomic E-state index is 12.7. The molecule has 1 heterocycles. The van der Waals surface area contributed by atoms with Gasteiger partial charge in [-0.2, -0.15) is 0 Å². The fourth-order valence-electron chi connectivity index (χ4n) is 2.89. The molecule has 1 saturated heterocycles. The van der Waals surface area contributed by atoms with E-state index in [-0.39, 0.29) is 11.1 Å². The van der Waals surface area contributed by atoms with Crippen LogP contribution in [0.1, 0.15) is 25.0 Å². The van der Waals surface area contributed by atoms with Crippen LogP contribution in [0.5, 0.6) is 11.5 Å². The zero-order valence-electron chi connectivity index (χ0n) is 16.0. The molecule has 0 aliphatic carbocycles. The quantitative estimate of drug-likeness (QED) is 0.601. The van der Waals surface area contributed by atoms with E-state index in [1.54, 1.807) is 6.08 Å². The van der Waals surface area contributed by atoms with E-state index in [4.69, 9.17) is 9.47 Å². The Morgan fingerprint density at radius 3 is 2.39 bits per heavy atom. The molecule has 6 heteroatoms. The zero-order valence-corrected chi connectivity index (χ0v) is 16.8. The molecule has 1 aliphatic heterocycles. The van der Waals surface area contributed by atoms with Crippen molar-refractivity contribution in [1.82, 2.24) is 4.90 Å². The Kier molecular flexibility index (Phi) is 6.76. The van der Waals surface area contributed by atoms with E-state index in [0.717, 1.165) is 22.9 Å². The highest BCUT2D eigenvalue weighted by molar-refractivity contribution is 8.18. The third kappa shape index (κ3) is 4.75. The van der Waals surface area contributed by atoms with Gasteiger partial charge in [0, 0.05) is 6.54 Å². The minimum atomic E-state index is -0.252. The molecule has 3 rings (SSSR count). The van der Waals surface area contributed by atoms with Gasteiger partial charge in [0.2, 0.25) is 0 Å². The van der Waals surface area contributed by atoms with Crippen molar-refractivity contribution in [3.8, 4) is 11.5 Å². The van der Waals surface area contributed by atoms with Crippen molar-refractivity contribution in [3.63, 3.8) is 0 Å². The second-order valence-corrected chi connectivity index (χ2v) is 7.13. The Morgan fingerprint density at radius 2 is 1.68 bits per heavy atom. The normalized spacial score (nSPS) is 15.4. The van der Waals surface area contributed by atoms with Crippen molar-refractivity contribution >= 4 is 29.0 Å². The first kappa shape index (κ1) is 20.0. The molecule has 0 unspecified atom stereocenters. The highest BCUT2D eigenvalue weighted by Crippen LogP contribution is 2.34. The molecule has 1 aliphatic rings. The van der Waals surface area contributed by atoms with Crippen LogP contribution in [0.3, 0.4) is 0 Å². The summed E-state index contributed by atoms with van der Waals surface area (Å²) in [6.07, 6.45) is 2.37. The van der Waals surface area contributed by atoms with Gasteiger partial charge in [-0.15, -0.1) is 0 Å². The van der Waals surface area contributed by atoms with Crippen molar-refractivity contribution < 1.29 is 19.1 Å². The number of imide groups is 1. The number of rotatable bonds is 8. The lowest BCUT2D eigenvalue weighted by molar-refractivity contribution is -0.122. The maximum Gasteiger partial charge on any atom is 0.293 e. The van der Waals surface area contributed by atoms with Gasteiger partial charge in [0.15, 0.2) is 11.5 Å². The number of nitrogens with zero attached hydrogens (tertiary/aromatic N) is 1. The van der Waals surface area contributed by atoms with E-state index < -0.39 is 0 Å². The molecule has 0 aromatic heterocycles.